The van der Waals surface area contributed by atoms with Gasteiger partial charge >= 0.3 is 11.8 Å². The van der Waals surface area contributed by atoms with Crippen LogP contribution >= 0.6 is 0 Å². The fraction of sp³-hybridized carbons (Fsp3) is 0.143. The molecule has 3 heterocycles. The summed E-state index contributed by atoms with van der Waals surface area (Å²) >= 11 is 0. The molecule has 0 saturated carbocycles. The van der Waals surface area contributed by atoms with Gasteiger partial charge in [0, 0.05) is 12.4 Å². The molecule has 0 spiro atoms. The molecule has 0 aliphatic heterocycles. The zero-order chi connectivity index (χ0) is 15.7. The molecule has 3 aromatic rings. The molecule has 22 heavy (non-hydrogen) atoms. The van der Waals surface area contributed by atoms with Gasteiger partial charge in [0.2, 0.25) is 0 Å². The van der Waals surface area contributed by atoms with Crippen LogP contribution in [-0.4, -0.2) is 30.7 Å². The summed E-state index contributed by atoms with van der Waals surface area (Å²) in [6.07, 6.45) is 2.12. The summed E-state index contributed by atoms with van der Waals surface area (Å²) in [5.74, 6) is 0.158. The van der Waals surface area contributed by atoms with Gasteiger partial charge in [-0.15, -0.1) is 0 Å². The van der Waals surface area contributed by atoms with Crippen molar-refractivity contribution in [3.8, 4) is 0 Å². The third kappa shape index (κ3) is 2.41. The van der Waals surface area contributed by atoms with Crippen molar-refractivity contribution in [3.05, 3.63) is 52.7 Å². The van der Waals surface area contributed by atoms with Gasteiger partial charge in [-0.25, -0.2) is 14.6 Å². The highest BCUT2D eigenvalue weighted by Gasteiger charge is 2.16. The van der Waals surface area contributed by atoms with E-state index < -0.39 is 6.09 Å². The maximum atomic E-state index is 12.2. The van der Waals surface area contributed by atoms with E-state index in [0.717, 1.165) is 5.56 Å². The van der Waals surface area contributed by atoms with E-state index in [1.165, 1.54) is 10.6 Å². The first kappa shape index (κ1) is 13.8. The van der Waals surface area contributed by atoms with Crippen LogP contribution in [0, 0.1) is 0 Å². The van der Waals surface area contributed by atoms with Gasteiger partial charge in [0.1, 0.15) is 5.82 Å². The van der Waals surface area contributed by atoms with Crippen LogP contribution in [0.5, 0.6) is 0 Å². The summed E-state index contributed by atoms with van der Waals surface area (Å²) in [6.45, 7) is 1.85. The molecule has 0 fully saturated rings. The van der Waals surface area contributed by atoms with Crippen molar-refractivity contribution in [1.82, 2.24) is 19.5 Å². The number of imidazole rings is 1. The van der Waals surface area contributed by atoms with Gasteiger partial charge in [0.15, 0.2) is 5.65 Å². The maximum absolute atomic E-state index is 12.2. The van der Waals surface area contributed by atoms with Crippen LogP contribution in [0.4, 0.5) is 10.6 Å². The highest BCUT2D eigenvalue weighted by Crippen LogP contribution is 2.20. The third-order valence-electron chi connectivity index (χ3n) is 3.35. The zero-order valence-corrected chi connectivity index (χ0v) is 11.6. The second-order valence-corrected chi connectivity index (χ2v) is 4.76. The Morgan fingerprint density at radius 3 is 2.91 bits per heavy atom. The first-order chi connectivity index (χ1) is 10.6. The Morgan fingerprint density at radius 1 is 1.41 bits per heavy atom. The predicted molar refractivity (Wildman–Crippen MR) is 80.1 cm³/mol. The molecule has 1 amide bonds. The van der Waals surface area contributed by atoms with Crippen molar-refractivity contribution in [2.45, 2.75) is 13.0 Å². The van der Waals surface area contributed by atoms with Crippen LogP contribution in [0.3, 0.4) is 0 Å². The second kappa shape index (κ2) is 5.32. The minimum Gasteiger partial charge on any atom is -0.465 e. The molecule has 0 bridgehead atoms. The van der Waals surface area contributed by atoms with E-state index in [4.69, 9.17) is 5.11 Å². The largest absolute Gasteiger partial charge is 0.465 e. The first-order valence-corrected chi connectivity index (χ1v) is 6.57. The molecular formula is C14H13N5O3. The average Bonchev–Trinajstić information content (AvgIpc) is 2.82. The lowest BCUT2D eigenvalue weighted by Crippen LogP contribution is -2.21. The van der Waals surface area contributed by atoms with Crippen LogP contribution in [-0.2, 0) is 0 Å². The van der Waals surface area contributed by atoms with E-state index in [2.05, 4.69) is 20.3 Å². The quantitative estimate of drug-likeness (QED) is 0.682. The Balaban J connectivity index is 2.14. The summed E-state index contributed by atoms with van der Waals surface area (Å²) in [7, 11) is 0. The molecule has 3 N–H and O–H groups in total. The van der Waals surface area contributed by atoms with Crippen molar-refractivity contribution in [1.29, 1.82) is 0 Å². The molecule has 0 aliphatic carbocycles. The van der Waals surface area contributed by atoms with Gasteiger partial charge in [-0.3, -0.25) is 14.9 Å². The van der Waals surface area contributed by atoms with Crippen LogP contribution in [0.2, 0.25) is 0 Å². The number of hydrogen-bond acceptors (Lipinski definition) is 4. The molecule has 0 saturated heterocycles. The fourth-order valence-electron chi connectivity index (χ4n) is 2.31. The van der Waals surface area contributed by atoms with Crippen molar-refractivity contribution in [3.63, 3.8) is 0 Å². The Hall–Kier alpha value is -3.16. The van der Waals surface area contributed by atoms with E-state index in [-0.39, 0.29) is 17.5 Å². The monoisotopic (exact) mass is 299 g/mol. The average molecular weight is 299 g/mol. The van der Waals surface area contributed by atoms with Crippen LogP contribution in [0.25, 0.3) is 11.2 Å². The molecule has 0 aromatic carbocycles. The normalized spacial score (nSPS) is 12.2. The van der Waals surface area contributed by atoms with Crippen LogP contribution in [0.1, 0.15) is 18.5 Å². The SMILES string of the molecule is CC(c1cccnc1)n1c(=O)[nH]c2ccc(NC(=O)O)nc21. The number of carboxylic acid groups (broad SMARTS) is 1. The first-order valence-electron chi connectivity index (χ1n) is 6.57. The molecule has 3 aromatic heterocycles. The zero-order valence-electron chi connectivity index (χ0n) is 11.6. The van der Waals surface area contributed by atoms with Crippen molar-refractivity contribution in [2.75, 3.05) is 5.32 Å². The summed E-state index contributed by atoms with van der Waals surface area (Å²) in [4.78, 5) is 33.9. The Kier molecular flexibility index (Phi) is 3.34. The van der Waals surface area contributed by atoms with Gasteiger partial charge in [-0.05, 0) is 30.7 Å². The summed E-state index contributed by atoms with van der Waals surface area (Å²) in [6, 6.07) is 6.47. The number of pyridine rings is 2. The smallest absolute Gasteiger partial charge is 0.410 e. The Bertz CT molecular complexity index is 884. The van der Waals surface area contributed by atoms with E-state index in [1.54, 1.807) is 24.5 Å². The maximum Gasteiger partial charge on any atom is 0.410 e. The number of aromatic amines is 1. The minimum absolute atomic E-state index is 0.158. The number of fused-ring (bicyclic) bond motifs is 1. The number of carbonyl (C=O) groups is 1. The van der Waals surface area contributed by atoms with Gasteiger partial charge < -0.3 is 10.1 Å². The van der Waals surface area contributed by atoms with Gasteiger partial charge in [-0.1, -0.05) is 6.07 Å². The second-order valence-electron chi connectivity index (χ2n) is 4.76. The molecule has 0 radical (unpaired) electrons. The predicted octanol–water partition coefficient (Wildman–Crippen LogP) is 1.82. The number of rotatable bonds is 3. The molecule has 1 unspecified atom stereocenters. The number of aromatic nitrogens is 4. The number of H-pyrrole nitrogens is 1. The van der Waals surface area contributed by atoms with E-state index >= 15 is 0 Å². The number of nitrogens with one attached hydrogen (secondary N) is 2. The van der Waals surface area contributed by atoms with E-state index in [0.29, 0.717) is 11.2 Å². The van der Waals surface area contributed by atoms with Crippen molar-refractivity contribution >= 4 is 23.1 Å². The van der Waals surface area contributed by atoms with Crippen molar-refractivity contribution < 1.29 is 9.90 Å². The molecule has 8 nitrogen and oxygen atoms in total. The lowest BCUT2D eigenvalue weighted by Gasteiger charge is -2.13. The molecule has 1 atom stereocenters. The summed E-state index contributed by atoms with van der Waals surface area (Å²) < 4.78 is 1.47. The number of hydrogen-bond donors (Lipinski definition) is 3. The molecule has 8 heteroatoms. The lowest BCUT2D eigenvalue weighted by molar-refractivity contribution is 0.209. The fourth-order valence-corrected chi connectivity index (χ4v) is 2.31. The van der Waals surface area contributed by atoms with Crippen LogP contribution < -0.4 is 11.0 Å². The van der Waals surface area contributed by atoms with Gasteiger partial charge in [-0.2, -0.15) is 0 Å². The third-order valence-corrected chi connectivity index (χ3v) is 3.35. The standard InChI is InChI=1S/C14H13N5O3/c1-8(9-3-2-6-15-7-9)19-12-10(16-13(19)20)4-5-11(17-12)18-14(21)22/h2-8H,1H3,(H,16,20)(H,17,18)(H,21,22). The molecule has 3 rings (SSSR count). The molecule has 0 aliphatic rings. The molecule has 112 valence electrons. The highest BCUT2D eigenvalue weighted by molar-refractivity contribution is 5.83. The number of nitrogens with zero attached hydrogens (tertiary/aromatic N) is 3. The highest BCUT2D eigenvalue weighted by atomic mass is 16.4. The Morgan fingerprint density at radius 2 is 2.23 bits per heavy atom. The minimum atomic E-state index is -1.21. The van der Waals surface area contributed by atoms with Gasteiger partial charge in [0.25, 0.3) is 0 Å². The van der Waals surface area contributed by atoms with E-state index in [1.807, 2.05) is 13.0 Å². The van der Waals surface area contributed by atoms with Gasteiger partial charge in [0.05, 0.1) is 11.6 Å². The van der Waals surface area contributed by atoms with E-state index in [9.17, 15) is 9.59 Å². The topological polar surface area (TPSA) is 113 Å². The number of amides is 1. The Labute approximate surface area is 124 Å². The molecular weight excluding hydrogens is 286 g/mol. The number of anilines is 1. The summed E-state index contributed by atoms with van der Waals surface area (Å²) in [5, 5.41) is 10.9. The summed E-state index contributed by atoms with van der Waals surface area (Å²) in [5.41, 5.74) is 1.46. The lowest BCUT2D eigenvalue weighted by atomic mass is 10.1. The van der Waals surface area contributed by atoms with Crippen molar-refractivity contribution in [2.24, 2.45) is 0 Å². The van der Waals surface area contributed by atoms with Crippen LogP contribution in [0.15, 0.2) is 41.5 Å².